The Bertz CT molecular complexity index is 431. The van der Waals surface area contributed by atoms with E-state index in [1.165, 1.54) is 12.3 Å². The summed E-state index contributed by atoms with van der Waals surface area (Å²) in [5, 5.41) is 6.20. The molecule has 1 aromatic rings. The van der Waals surface area contributed by atoms with E-state index in [1.54, 1.807) is 6.07 Å². The Kier molecular flexibility index (Phi) is 4.47. The molecule has 4 nitrogen and oxygen atoms in total. The highest BCUT2D eigenvalue weighted by atomic mass is 19.1. The van der Waals surface area contributed by atoms with Crippen LogP contribution < -0.4 is 10.6 Å². The summed E-state index contributed by atoms with van der Waals surface area (Å²) in [5.74, 6) is -0.332. The van der Waals surface area contributed by atoms with Crippen LogP contribution >= 0.6 is 0 Å². The average molecular weight is 265 g/mol. The second kappa shape index (κ2) is 6.10. The first-order valence-corrected chi connectivity index (χ1v) is 6.78. The summed E-state index contributed by atoms with van der Waals surface area (Å²) in [6, 6.07) is 3.09. The SMILES string of the molecule is CCC(NC(C)C(=O)NC1CC1)c1ccc(F)cn1. The molecule has 2 atom stereocenters. The van der Waals surface area contributed by atoms with E-state index in [-0.39, 0.29) is 23.8 Å². The van der Waals surface area contributed by atoms with Crippen LogP contribution in [0.4, 0.5) is 4.39 Å². The molecule has 19 heavy (non-hydrogen) atoms. The van der Waals surface area contributed by atoms with Gasteiger partial charge in [0.15, 0.2) is 0 Å². The molecule has 2 unspecified atom stereocenters. The lowest BCUT2D eigenvalue weighted by atomic mass is 10.1. The van der Waals surface area contributed by atoms with E-state index >= 15 is 0 Å². The number of nitrogens with zero attached hydrogens (tertiary/aromatic N) is 1. The predicted octanol–water partition coefficient (Wildman–Crippen LogP) is 1.93. The van der Waals surface area contributed by atoms with Gasteiger partial charge in [-0.2, -0.15) is 0 Å². The Labute approximate surface area is 112 Å². The molecule has 1 amide bonds. The zero-order valence-electron chi connectivity index (χ0n) is 11.3. The zero-order valence-corrected chi connectivity index (χ0v) is 11.3. The number of pyridine rings is 1. The molecule has 5 heteroatoms. The Morgan fingerprint density at radius 2 is 2.26 bits per heavy atom. The first-order valence-electron chi connectivity index (χ1n) is 6.78. The number of hydrogen-bond acceptors (Lipinski definition) is 3. The lowest BCUT2D eigenvalue weighted by Crippen LogP contribution is -2.44. The fraction of sp³-hybridized carbons (Fsp3) is 0.571. The van der Waals surface area contributed by atoms with Gasteiger partial charge in [-0.25, -0.2) is 4.39 Å². The van der Waals surface area contributed by atoms with Crippen LogP contribution in [0.2, 0.25) is 0 Å². The monoisotopic (exact) mass is 265 g/mol. The van der Waals surface area contributed by atoms with Crippen LogP contribution in [0.5, 0.6) is 0 Å². The van der Waals surface area contributed by atoms with Crippen LogP contribution in [0.25, 0.3) is 0 Å². The van der Waals surface area contributed by atoms with Gasteiger partial charge >= 0.3 is 0 Å². The topological polar surface area (TPSA) is 54.0 Å². The molecule has 104 valence electrons. The fourth-order valence-electron chi connectivity index (χ4n) is 1.94. The second-order valence-electron chi connectivity index (χ2n) is 5.03. The third-order valence-electron chi connectivity index (χ3n) is 3.28. The average Bonchev–Trinajstić information content (AvgIpc) is 3.20. The molecule has 0 aliphatic heterocycles. The summed E-state index contributed by atoms with van der Waals surface area (Å²) in [4.78, 5) is 15.9. The predicted molar refractivity (Wildman–Crippen MR) is 71.0 cm³/mol. The Morgan fingerprint density at radius 3 is 2.79 bits per heavy atom. The van der Waals surface area contributed by atoms with E-state index in [0.29, 0.717) is 6.04 Å². The molecule has 0 bridgehead atoms. The lowest BCUT2D eigenvalue weighted by molar-refractivity contribution is -0.123. The fourth-order valence-corrected chi connectivity index (χ4v) is 1.94. The van der Waals surface area contributed by atoms with Gasteiger partial charge in [-0.15, -0.1) is 0 Å². The van der Waals surface area contributed by atoms with Crippen LogP contribution in [-0.4, -0.2) is 23.0 Å². The van der Waals surface area contributed by atoms with Crippen molar-refractivity contribution in [2.75, 3.05) is 0 Å². The van der Waals surface area contributed by atoms with Crippen molar-refractivity contribution in [3.63, 3.8) is 0 Å². The number of hydrogen-bond donors (Lipinski definition) is 2. The molecular formula is C14H20FN3O. The molecule has 1 heterocycles. The minimum atomic E-state index is -0.349. The standard InChI is InChI=1S/C14H20FN3O/c1-3-12(13-7-4-10(15)8-16-13)17-9(2)14(19)18-11-5-6-11/h4,7-9,11-12,17H,3,5-6H2,1-2H3,(H,18,19). The smallest absolute Gasteiger partial charge is 0.237 e. The van der Waals surface area contributed by atoms with Gasteiger partial charge < -0.3 is 5.32 Å². The van der Waals surface area contributed by atoms with E-state index in [0.717, 1.165) is 25.0 Å². The van der Waals surface area contributed by atoms with Gasteiger partial charge in [-0.1, -0.05) is 6.92 Å². The number of nitrogens with one attached hydrogen (secondary N) is 2. The van der Waals surface area contributed by atoms with Crippen molar-refractivity contribution in [2.24, 2.45) is 0 Å². The van der Waals surface area contributed by atoms with Crippen molar-refractivity contribution >= 4 is 5.91 Å². The van der Waals surface area contributed by atoms with E-state index in [1.807, 2.05) is 13.8 Å². The highest BCUT2D eigenvalue weighted by Gasteiger charge is 2.26. The van der Waals surface area contributed by atoms with Crippen molar-refractivity contribution in [1.82, 2.24) is 15.6 Å². The molecule has 1 aromatic heterocycles. The molecule has 0 saturated heterocycles. The molecule has 0 spiro atoms. The number of rotatable bonds is 6. The van der Waals surface area contributed by atoms with E-state index in [2.05, 4.69) is 15.6 Å². The van der Waals surface area contributed by atoms with Crippen molar-refractivity contribution in [3.05, 3.63) is 29.8 Å². The Balaban J connectivity index is 1.93. The lowest BCUT2D eigenvalue weighted by Gasteiger charge is -2.21. The highest BCUT2D eigenvalue weighted by molar-refractivity contribution is 5.81. The third kappa shape index (κ3) is 3.99. The number of carbonyl (C=O) groups is 1. The molecule has 1 aliphatic rings. The Morgan fingerprint density at radius 1 is 1.53 bits per heavy atom. The summed E-state index contributed by atoms with van der Waals surface area (Å²) >= 11 is 0. The largest absolute Gasteiger partial charge is 0.352 e. The first-order chi connectivity index (χ1) is 9.10. The summed E-state index contributed by atoms with van der Waals surface area (Å²) in [7, 11) is 0. The van der Waals surface area contributed by atoms with Gasteiger partial charge in [-0.05, 0) is 38.3 Å². The molecule has 2 rings (SSSR count). The van der Waals surface area contributed by atoms with Gasteiger partial charge in [-0.3, -0.25) is 15.1 Å². The van der Waals surface area contributed by atoms with Gasteiger partial charge in [0.05, 0.1) is 17.9 Å². The maximum absolute atomic E-state index is 12.8. The van der Waals surface area contributed by atoms with Crippen LogP contribution in [-0.2, 0) is 4.79 Å². The molecule has 0 radical (unpaired) electrons. The maximum atomic E-state index is 12.8. The number of carbonyl (C=O) groups excluding carboxylic acids is 1. The van der Waals surface area contributed by atoms with Crippen LogP contribution in [0.1, 0.15) is 44.8 Å². The van der Waals surface area contributed by atoms with Crippen molar-refractivity contribution in [3.8, 4) is 0 Å². The highest BCUT2D eigenvalue weighted by Crippen LogP contribution is 2.19. The van der Waals surface area contributed by atoms with Crippen LogP contribution in [0.15, 0.2) is 18.3 Å². The van der Waals surface area contributed by atoms with Crippen molar-refractivity contribution < 1.29 is 9.18 Å². The van der Waals surface area contributed by atoms with Crippen LogP contribution in [0.3, 0.4) is 0 Å². The molecule has 0 aromatic carbocycles. The van der Waals surface area contributed by atoms with E-state index in [4.69, 9.17) is 0 Å². The zero-order chi connectivity index (χ0) is 13.8. The summed E-state index contributed by atoms with van der Waals surface area (Å²) in [6.45, 7) is 3.85. The molecule has 2 N–H and O–H groups in total. The van der Waals surface area contributed by atoms with Gasteiger partial charge in [0.2, 0.25) is 5.91 Å². The Hall–Kier alpha value is -1.49. The van der Waals surface area contributed by atoms with Gasteiger partial charge in [0, 0.05) is 12.1 Å². The number of halogens is 1. The normalized spacial score (nSPS) is 17.8. The molecular weight excluding hydrogens is 245 g/mol. The number of amides is 1. The van der Waals surface area contributed by atoms with Gasteiger partial charge in [0.1, 0.15) is 5.82 Å². The molecule has 1 aliphatic carbocycles. The third-order valence-corrected chi connectivity index (χ3v) is 3.28. The van der Waals surface area contributed by atoms with Crippen LogP contribution in [0, 0.1) is 5.82 Å². The quantitative estimate of drug-likeness (QED) is 0.826. The maximum Gasteiger partial charge on any atom is 0.237 e. The summed E-state index contributed by atoms with van der Waals surface area (Å²) in [5.41, 5.74) is 0.759. The molecule has 1 fully saturated rings. The number of aromatic nitrogens is 1. The van der Waals surface area contributed by atoms with E-state index < -0.39 is 0 Å². The minimum absolute atomic E-state index is 0.0167. The summed E-state index contributed by atoms with van der Waals surface area (Å²) < 4.78 is 12.8. The molecule has 1 saturated carbocycles. The minimum Gasteiger partial charge on any atom is -0.352 e. The van der Waals surface area contributed by atoms with Crippen molar-refractivity contribution in [1.29, 1.82) is 0 Å². The summed E-state index contributed by atoms with van der Waals surface area (Å²) in [6.07, 6.45) is 4.15. The van der Waals surface area contributed by atoms with Crippen molar-refractivity contribution in [2.45, 2.75) is 51.2 Å². The second-order valence-corrected chi connectivity index (χ2v) is 5.03. The first kappa shape index (κ1) is 13.9. The van der Waals surface area contributed by atoms with Gasteiger partial charge in [0.25, 0.3) is 0 Å². The van der Waals surface area contributed by atoms with E-state index in [9.17, 15) is 9.18 Å².